The molecule has 2 rings (SSSR count). The van der Waals surface area contributed by atoms with E-state index in [2.05, 4.69) is 15.6 Å². The Hall–Kier alpha value is -2.69. The first-order valence-electron chi connectivity index (χ1n) is 8.49. The minimum absolute atomic E-state index is 0.00908. The van der Waals surface area contributed by atoms with E-state index in [1.54, 1.807) is 0 Å². The largest absolute Gasteiger partial charge is 0.349 e. The van der Waals surface area contributed by atoms with Crippen molar-refractivity contribution in [2.75, 3.05) is 0 Å². The molecule has 1 heterocycles. The van der Waals surface area contributed by atoms with Gasteiger partial charge in [0.15, 0.2) is 0 Å². The first kappa shape index (κ1) is 18.6. The Morgan fingerprint density at radius 2 is 1.76 bits per heavy atom. The number of carbonyl (C=O) groups excluding carboxylic acids is 2. The predicted octanol–water partition coefficient (Wildman–Crippen LogP) is 2.39. The van der Waals surface area contributed by atoms with Gasteiger partial charge in [0.05, 0.1) is 18.7 Å². The zero-order valence-electron chi connectivity index (χ0n) is 15.0. The smallest absolute Gasteiger partial charge is 0.243 e. The second-order valence-electron chi connectivity index (χ2n) is 6.44. The second-order valence-corrected chi connectivity index (χ2v) is 6.44. The van der Waals surface area contributed by atoms with E-state index in [9.17, 15) is 9.59 Å². The van der Waals surface area contributed by atoms with Crippen molar-refractivity contribution in [3.05, 3.63) is 65.5 Å². The lowest BCUT2D eigenvalue weighted by molar-refractivity contribution is -0.129. The number of aromatic nitrogens is 1. The number of hydrogen-bond donors (Lipinski definition) is 2. The number of carbonyl (C=O) groups is 2. The molecule has 2 N–H and O–H groups in total. The molecule has 0 aliphatic heterocycles. The lowest BCUT2D eigenvalue weighted by atomic mass is 10.0. The fraction of sp³-hybridized carbons (Fsp3) is 0.350. The van der Waals surface area contributed by atoms with E-state index < -0.39 is 6.04 Å². The molecule has 0 aliphatic rings. The highest BCUT2D eigenvalue weighted by Gasteiger charge is 2.24. The Balaban J connectivity index is 1.92. The normalized spacial score (nSPS) is 11.8. The monoisotopic (exact) mass is 339 g/mol. The van der Waals surface area contributed by atoms with Crippen LogP contribution in [0.1, 0.15) is 30.8 Å². The van der Waals surface area contributed by atoms with E-state index in [0.29, 0.717) is 6.54 Å². The first-order chi connectivity index (χ1) is 12.0. The van der Waals surface area contributed by atoms with Crippen LogP contribution in [-0.2, 0) is 22.6 Å². The molecule has 1 atom stereocenters. The second kappa shape index (κ2) is 8.97. The highest BCUT2D eigenvalue weighted by atomic mass is 16.2. The number of nitrogens with one attached hydrogen (secondary N) is 2. The van der Waals surface area contributed by atoms with Crippen LogP contribution in [0.4, 0.5) is 0 Å². The van der Waals surface area contributed by atoms with Crippen molar-refractivity contribution in [1.82, 2.24) is 15.6 Å². The number of pyridine rings is 1. The van der Waals surface area contributed by atoms with Crippen LogP contribution in [0.2, 0.25) is 0 Å². The summed E-state index contributed by atoms with van der Waals surface area (Å²) in [7, 11) is 0. The fourth-order valence-electron chi connectivity index (χ4n) is 2.53. The van der Waals surface area contributed by atoms with Crippen LogP contribution in [-0.4, -0.2) is 22.8 Å². The predicted molar refractivity (Wildman–Crippen MR) is 97.7 cm³/mol. The number of hydrogen-bond acceptors (Lipinski definition) is 3. The molecule has 1 unspecified atom stereocenters. The van der Waals surface area contributed by atoms with Gasteiger partial charge in [-0.3, -0.25) is 14.6 Å². The minimum Gasteiger partial charge on any atom is -0.349 e. The van der Waals surface area contributed by atoms with Gasteiger partial charge in [-0.1, -0.05) is 50.2 Å². The van der Waals surface area contributed by atoms with Gasteiger partial charge < -0.3 is 10.6 Å². The molecule has 0 fully saturated rings. The Morgan fingerprint density at radius 1 is 1.04 bits per heavy atom. The van der Waals surface area contributed by atoms with Crippen molar-refractivity contribution >= 4 is 11.8 Å². The lowest BCUT2D eigenvalue weighted by Crippen LogP contribution is -2.50. The molecule has 132 valence electrons. The lowest BCUT2D eigenvalue weighted by Gasteiger charge is -2.21. The topological polar surface area (TPSA) is 71.1 Å². The van der Waals surface area contributed by atoms with Gasteiger partial charge in [-0.05, 0) is 30.5 Å². The van der Waals surface area contributed by atoms with Crippen LogP contribution in [0.25, 0.3) is 0 Å². The zero-order chi connectivity index (χ0) is 18.2. The molecule has 2 amide bonds. The molecular weight excluding hydrogens is 314 g/mol. The van der Waals surface area contributed by atoms with Crippen LogP contribution in [0.3, 0.4) is 0 Å². The van der Waals surface area contributed by atoms with Gasteiger partial charge in [-0.2, -0.15) is 0 Å². The van der Waals surface area contributed by atoms with Crippen LogP contribution >= 0.6 is 0 Å². The van der Waals surface area contributed by atoms with Crippen molar-refractivity contribution < 1.29 is 9.59 Å². The van der Waals surface area contributed by atoms with E-state index in [1.807, 2.05) is 69.3 Å². The first-order valence-corrected chi connectivity index (χ1v) is 8.49. The Morgan fingerprint density at radius 3 is 2.40 bits per heavy atom. The average molecular weight is 339 g/mol. The number of amides is 2. The molecule has 1 aromatic heterocycles. The molecular formula is C20H25N3O2. The maximum Gasteiger partial charge on any atom is 0.243 e. The molecule has 5 heteroatoms. The number of rotatable bonds is 7. The van der Waals surface area contributed by atoms with E-state index >= 15 is 0 Å². The number of benzene rings is 1. The van der Waals surface area contributed by atoms with Crippen molar-refractivity contribution in [2.24, 2.45) is 5.92 Å². The van der Waals surface area contributed by atoms with Crippen LogP contribution in [0, 0.1) is 12.8 Å². The van der Waals surface area contributed by atoms with Crippen LogP contribution < -0.4 is 10.6 Å². The summed E-state index contributed by atoms with van der Waals surface area (Å²) in [5, 5.41) is 5.70. The van der Waals surface area contributed by atoms with Crippen molar-refractivity contribution in [3.63, 3.8) is 0 Å². The highest BCUT2D eigenvalue weighted by molar-refractivity contribution is 5.88. The molecule has 1 aromatic carbocycles. The van der Waals surface area contributed by atoms with Gasteiger partial charge in [0.2, 0.25) is 11.8 Å². The molecule has 0 radical (unpaired) electrons. The Bertz CT molecular complexity index is 714. The fourth-order valence-corrected chi connectivity index (χ4v) is 2.53. The third-order valence-corrected chi connectivity index (χ3v) is 3.86. The van der Waals surface area contributed by atoms with E-state index in [1.165, 1.54) is 0 Å². The van der Waals surface area contributed by atoms with E-state index in [0.717, 1.165) is 17.0 Å². The maximum atomic E-state index is 12.5. The zero-order valence-corrected chi connectivity index (χ0v) is 15.0. The van der Waals surface area contributed by atoms with Gasteiger partial charge in [0.1, 0.15) is 6.04 Å². The minimum atomic E-state index is -0.568. The number of nitrogens with zero attached hydrogens (tertiary/aromatic N) is 1. The molecule has 0 bridgehead atoms. The van der Waals surface area contributed by atoms with E-state index in [-0.39, 0.29) is 24.2 Å². The Kier molecular flexibility index (Phi) is 6.69. The standard InChI is InChI=1S/C20H25N3O2/c1-14(2)19(23-18(24)12-16-9-5-4-6-10-16)20(25)21-13-17-11-7-8-15(3)22-17/h4-11,14,19H,12-13H2,1-3H3,(H,21,25)(H,23,24). The number of aryl methyl sites for hydroxylation is 1. The summed E-state index contributed by atoms with van der Waals surface area (Å²) in [6.07, 6.45) is 0.261. The summed E-state index contributed by atoms with van der Waals surface area (Å²) >= 11 is 0. The average Bonchev–Trinajstić information content (AvgIpc) is 2.58. The van der Waals surface area contributed by atoms with Gasteiger partial charge in [-0.15, -0.1) is 0 Å². The summed E-state index contributed by atoms with van der Waals surface area (Å²) in [5.41, 5.74) is 2.63. The molecule has 0 saturated heterocycles. The molecule has 0 spiro atoms. The summed E-state index contributed by atoms with van der Waals surface area (Å²) < 4.78 is 0. The molecule has 0 saturated carbocycles. The molecule has 25 heavy (non-hydrogen) atoms. The third-order valence-electron chi connectivity index (χ3n) is 3.86. The Labute approximate surface area is 148 Å². The summed E-state index contributed by atoms with van der Waals surface area (Å²) in [5.74, 6) is -0.362. The van der Waals surface area contributed by atoms with Crippen molar-refractivity contribution in [3.8, 4) is 0 Å². The maximum absolute atomic E-state index is 12.5. The van der Waals surface area contributed by atoms with Gasteiger partial charge in [-0.25, -0.2) is 0 Å². The SMILES string of the molecule is Cc1cccc(CNC(=O)C(NC(=O)Cc2ccccc2)C(C)C)n1. The van der Waals surface area contributed by atoms with Gasteiger partial charge >= 0.3 is 0 Å². The molecule has 5 nitrogen and oxygen atoms in total. The third kappa shape index (κ3) is 6.03. The quantitative estimate of drug-likeness (QED) is 0.814. The summed E-state index contributed by atoms with van der Waals surface area (Å²) in [6, 6.07) is 14.6. The summed E-state index contributed by atoms with van der Waals surface area (Å²) in [4.78, 5) is 29.1. The van der Waals surface area contributed by atoms with E-state index in [4.69, 9.17) is 0 Å². The summed E-state index contributed by atoms with van der Waals surface area (Å²) in [6.45, 7) is 6.08. The van der Waals surface area contributed by atoms with Crippen LogP contribution in [0.15, 0.2) is 48.5 Å². The van der Waals surface area contributed by atoms with Crippen molar-refractivity contribution in [2.45, 2.75) is 39.8 Å². The molecule has 0 aliphatic carbocycles. The highest BCUT2D eigenvalue weighted by Crippen LogP contribution is 2.05. The van der Waals surface area contributed by atoms with Crippen molar-refractivity contribution in [1.29, 1.82) is 0 Å². The van der Waals surface area contributed by atoms with Gasteiger partial charge in [0.25, 0.3) is 0 Å². The van der Waals surface area contributed by atoms with Crippen LogP contribution in [0.5, 0.6) is 0 Å². The van der Waals surface area contributed by atoms with Gasteiger partial charge in [0, 0.05) is 5.69 Å². The molecule has 2 aromatic rings.